The maximum absolute atomic E-state index is 11.6. The smallest absolute Gasteiger partial charge is 0.306 e. The summed E-state index contributed by atoms with van der Waals surface area (Å²) in [7, 11) is 0. The molecule has 0 aliphatic carbocycles. The van der Waals surface area contributed by atoms with E-state index in [4.69, 9.17) is 5.11 Å². The van der Waals surface area contributed by atoms with Gasteiger partial charge in [0.1, 0.15) is 5.75 Å². The normalized spacial score (nSPS) is 11.8. The highest BCUT2D eigenvalue weighted by Crippen LogP contribution is 2.11. The summed E-state index contributed by atoms with van der Waals surface area (Å²) < 4.78 is 0. The Labute approximate surface area is 112 Å². The predicted molar refractivity (Wildman–Crippen MR) is 70.9 cm³/mol. The topological polar surface area (TPSA) is 86.6 Å². The first-order valence-electron chi connectivity index (χ1n) is 6.26. The fourth-order valence-electron chi connectivity index (χ4n) is 1.67. The number of nitrogens with one attached hydrogen (secondary N) is 1. The lowest BCUT2D eigenvalue weighted by Gasteiger charge is -2.07. The molecule has 0 saturated heterocycles. The largest absolute Gasteiger partial charge is 0.508 e. The number of benzene rings is 1. The van der Waals surface area contributed by atoms with E-state index in [2.05, 4.69) is 5.32 Å². The highest BCUT2D eigenvalue weighted by atomic mass is 16.4. The van der Waals surface area contributed by atoms with Gasteiger partial charge in [0.15, 0.2) is 0 Å². The van der Waals surface area contributed by atoms with Gasteiger partial charge in [0.05, 0.1) is 12.3 Å². The van der Waals surface area contributed by atoms with Crippen LogP contribution in [0.15, 0.2) is 24.3 Å². The van der Waals surface area contributed by atoms with Crippen LogP contribution < -0.4 is 5.32 Å². The first-order valence-corrected chi connectivity index (χ1v) is 6.26. The zero-order valence-corrected chi connectivity index (χ0v) is 10.9. The van der Waals surface area contributed by atoms with Crippen molar-refractivity contribution < 1.29 is 19.8 Å². The summed E-state index contributed by atoms with van der Waals surface area (Å²) in [6, 6.07) is 6.55. The molecule has 0 aliphatic rings. The average molecular weight is 265 g/mol. The Kier molecular flexibility index (Phi) is 5.85. The minimum atomic E-state index is -0.814. The predicted octanol–water partition coefficient (Wildman–Crippen LogP) is 1.55. The van der Waals surface area contributed by atoms with Crippen LogP contribution in [0.5, 0.6) is 5.75 Å². The van der Waals surface area contributed by atoms with Crippen molar-refractivity contribution in [2.24, 2.45) is 5.92 Å². The van der Waals surface area contributed by atoms with E-state index in [-0.39, 0.29) is 24.0 Å². The number of phenolic OH excluding ortho intramolecular Hbond substituents is 1. The highest BCUT2D eigenvalue weighted by molar-refractivity contribution is 5.78. The van der Waals surface area contributed by atoms with Crippen LogP contribution >= 0.6 is 0 Å². The second-order valence-corrected chi connectivity index (χ2v) is 4.58. The number of hydrogen-bond donors (Lipinski definition) is 3. The first-order chi connectivity index (χ1) is 8.99. The third-order valence-corrected chi connectivity index (χ3v) is 2.83. The average Bonchev–Trinajstić information content (AvgIpc) is 2.34. The van der Waals surface area contributed by atoms with Crippen LogP contribution in [0.2, 0.25) is 0 Å². The molecule has 5 nitrogen and oxygen atoms in total. The van der Waals surface area contributed by atoms with Gasteiger partial charge in [0.25, 0.3) is 0 Å². The molecule has 5 heteroatoms. The molecule has 1 unspecified atom stereocenters. The van der Waals surface area contributed by atoms with Gasteiger partial charge in [-0.15, -0.1) is 0 Å². The van der Waals surface area contributed by atoms with Gasteiger partial charge in [-0.1, -0.05) is 19.1 Å². The minimum Gasteiger partial charge on any atom is -0.508 e. The van der Waals surface area contributed by atoms with E-state index < -0.39 is 5.97 Å². The van der Waals surface area contributed by atoms with Crippen molar-refractivity contribution in [3.63, 3.8) is 0 Å². The van der Waals surface area contributed by atoms with E-state index in [1.54, 1.807) is 31.2 Å². The van der Waals surface area contributed by atoms with Gasteiger partial charge in [0, 0.05) is 6.54 Å². The standard InChI is InChI=1S/C14H19NO4/c1-10(14(18)19)4-3-7-15-13(17)9-11-5-2-6-12(16)8-11/h2,5-6,8,10,16H,3-4,7,9H2,1H3,(H,15,17)(H,18,19). The molecule has 1 rings (SSSR count). The molecule has 1 amide bonds. The van der Waals surface area contributed by atoms with Crippen molar-refractivity contribution in [2.45, 2.75) is 26.2 Å². The molecule has 0 radical (unpaired) electrons. The van der Waals surface area contributed by atoms with Gasteiger partial charge >= 0.3 is 5.97 Å². The molecule has 0 aliphatic heterocycles. The molecular weight excluding hydrogens is 246 g/mol. The summed E-state index contributed by atoms with van der Waals surface area (Å²) in [6.07, 6.45) is 1.39. The van der Waals surface area contributed by atoms with E-state index in [1.807, 2.05) is 0 Å². The van der Waals surface area contributed by atoms with E-state index in [9.17, 15) is 14.7 Å². The summed E-state index contributed by atoms with van der Waals surface area (Å²) in [4.78, 5) is 22.2. The lowest BCUT2D eigenvalue weighted by Crippen LogP contribution is -2.26. The molecule has 0 saturated carbocycles. The van der Waals surface area contributed by atoms with Gasteiger partial charge in [-0.05, 0) is 30.5 Å². The number of rotatable bonds is 7. The van der Waals surface area contributed by atoms with Gasteiger partial charge in [-0.3, -0.25) is 9.59 Å². The molecule has 104 valence electrons. The van der Waals surface area contributed by atoms with Crippen LogP contribution in [0.3, 0.4) is 0 Å². The Morgan fingerprint density at radius 3 is 2.74 bits per heavy atom. The van der Waals surface area contributed by atoms with Gasteiger partial charge in [0.2, 0.25) is 5.91 Å². The maximum Gasteiger partial charge on any atom is 0.306 e. The molecule has 1 atom stereocenters. The number of aliphatic carboxylic acids is 1. The van der Waals surface area contributed by atoms with Crippen LogP contribution in [-0.4, -0.2) is 28.6 Å². The summed E-state index contributed by atoms with van der Waals surface area (Å²) in [5, 5.41) is 20.7. The Bertz CT molecular complexity index is 445. The molecule has 3 N–H and O–H groups in total. The Balaban J connectivity index is 2.23. The fraction of sp³-hybridized carbons (Fsp3) is 0.429. The van der Waals surface area contributed by atoms with Crippen molar-refractivity contribution in [2.75, 3.05) is 6.54 Å². The maximum atomic E-state index is 11.6. The molecule has 1 aromatic carbocycles. The number of carboxylic acid groups (broad SMARTS) is 1. The van der Waals surface area contributed by atoms with E-state index in [0.29, 0.717) is 19.4 Å². The van der Waals surface area contributed by atoms with Gasteiger partial charge in [-0.25, -0.2) is 0 Å². The Morgan fingerprint density at radius 2 is 2.11 bits per heavy atom. The quantitative estimate of drug-likeness (QED) is 0.653. The lowest BCUT2D eigenvalue weighted by molar-refractivity contribution is -0.141. The van der Waals surface area contributed by atoms with E-state index >= 15 is 0 Å². The van der Waals surface area contributed by atoms with Crippen LogP contribution in [0.25, 0.3) is 0 Å². The monoisotopic (exact) mass is 265 g/mol. The first kappa shape index (κ1) is 15.0. The summed E-state index contributed by atoms with van der Waals surface area (Å²) in [5.74, 6) is -1.19. The van der Waals surface area contributed by atoms with Crippen LogP contribution in [0.1, 0.15) is 25.3 Å². The van der Waals surface area contributed by atoms with Crippen LogP contribution in [0, 0.1) is 5.92 Å². The van der Waals surface area contributed by atoms with E-state index in [1.165, 1.54) is 0 Å². The van der Waals surface area contributed by atoms with Gasteiger partial charge in [-0.2, -0.15) is 0 Å². The van der Waals surface area contributed by atoms with E-state index in [0.717, 1.165) is 5.56 Å². The van der Waals surface area contributed by atoms with Crippen molar-refractivity contribution in [1.29, 1.82) is 0 Å². The molecule has 0 spiro atoms. The van der Waals surface area contributed by atoms with Crippen LogP contribution in [0.4, 0.5) is 0 Å². The molecule has 1 aromatic rings. The van der Waals surface area contributed by atoms with Crippen molar-refractivity contribution in [3.05, 3.63) is 29.8 Å². The Hall–Kier alpha value is -2.04. The number of aromatic hydroxyl groups is 1. The minimum absolute atomic E-state index is 0.131. The highest BCUT2D eigenvalue weighted by Gasteiger charge is 2.10. The number of amides is 1. The van der Waals surface area contributed by atoms with Crippen LogP contribution in [-0.2, 0) is 16.0 Å². The summed E-state index contributed by atoms with van der Waals surface area (Å²) >= 11 is 0. The second-order valence-electron chi connectivity index (χ2n) is 4.58. The lowest BCUT2D eigenvalue weighted by atomic mass is 10.1. The molecule has 0 aromatic heterocycles. The third-order valence-electron chi connectivity index (χ3n) is 2.83. The number of hydrogen-bond acceptors (Lipinski definition) is 3. The zero-order valence-electron chi connectivity index (χ0n) is 10.9. The number of carbonyl (C=O) groups is 2. The fourth-order valence-corrected chi connectivity index (χ4v) is 1.67. The van der Waals surface area contributed by atoms with Crippen molar-refractivity contribution in [3.8, 4) is 5.75 Å². The summed E-state index contributed by atoms with van der Waals surface area (Å²) in [5.41, 5.74) is 0.747. The van der Waals surface area contributed by atoms with Crippen molar-refractivity contribution >= 4 is 11.9 Å². The molecule has 19 heavy (non-hydrogen) atoms. The number of carbonyl (C=O) groups excluding carboxylic acids is 1. The third kappa shape index (κ3) is 5.90. The molecule has 0 fully saturated rings. The zero-order chi connectivity index (χ0) is 14.3. The summed E-state index contributed by atoms with van der Waals surface area (Å²) in [6.45, 7) is 2.12. The Morgan fingerprint density at radius 1 is 1.37 bits per heavy atom. The van der Waals surface area contributed by atoms with Gasteiger partial charge < -0.3 is 15.5 Å². The molecule has 0 bridgehead atoms. The second kappa shape index (κ2) is 7.41. The van der Waals surface area contributed by atoms with Crippen molar-refractivity contribution in [1.82, 2.24) is 5.32 Å². The molecule has 0 heterocycles. The number of carboxylic acids is 1. The SMILES string of the molecule is CC(CCCNC(=O)Cc1cccc(O)c1)C(=O)O. The number of phenols is 1. The molecular formula is C14H19NO4.